The quantitative estimate of drug-likeness (QED) is 0.0340. The lowest BCUT2D eigenvalue weighted by Gasteiger charge is -2.37. The predicted octanol–water partition coefficient (Wildman–Crippen LogP) is 14.7. The van der Waals surface area contributed by atoms with Gasteiger partial charge in [-0.1, -0.05) is 53.5 Å². The van der Waals surface area contributed by atoms with E-state index >= 15 is 4.39 Å². The summed E-state index contributed by atoms with van der Waals surface area (Å²) in [5.74, 6) is -5.67. The molecule has 0 aromatic heterocycles. The van der Waals surface area contributed by atoms with Crippen molar-refractivity contribution in [2.24, 2.45) is 23.7 Å². The zero-order valence-corrected chi connectivity index (χ0v) is 76.7. The van der Waals surface area contributed by atoms with Gasteiger partial charge in [0.2, 0.25) is 0 Å². The van der Waals surface area contributed by atoms with Crippen molar-refractivity contribution in [3.8, 4) is 0 Å². The van der Waals surface area contributed by atoms with Crippen molar-refractivity contribution < 1.29 is 144 Å². The van der Waals surface area contributed by atoms with E-state index in [1.54, 1.807) is 25.1 Å². The minimum absolute atomic E-state index is 0.0193. The zero-order chi connectivity index (χ0) is 98.6. The molecule has 0 spiro atoms. The Kier molecular flexibility index (Phi) is 39.0. The van der Waals surface area contributed by atoms with Crippen LogP contribution in [0.3, 0.4) is 0 Å². The number of nitrogens with one attached hydrogen (secondary N) is 1. The van der Waals surface area contributed by atoms with Crippen LogP contribution in [0.4, 0.5) is 108 Å². The Hall–Kier alpha value is -9.63. The summed E-state index contributed by atoms with van der Waals surface area (Å²) in [6.45, 7) is 19.1. The molecular formula is C88H116Cl2F15N13O16. The van der Waals surface area contributed by atoms with E-state index in [9.17, 15) is 115 Å². The van der Waals surface area contributed by atoms with Crippen LogP contribution < -0.4 is 24.9 Å². The van der Waals surface area contributed by atoms with E-state index in [1.165, 1.54) is 48.5 Å². The number of carbonyl (C=O) groups is 8. The first-order valence-electron chi connectivity index (χ1n) is 44.3. The molecule has 8 saturated heterocycles. The number of carboxylic acid groups (broad SMARTS) is 4. The number of hydrogen-bond donors (Lipinski definition) is 5. The smallest absolute Gasteiger partial charge is 0.425 e. The maximum atomic E-state index is 15.1. The summed E-state index contributed by atoms with van der Waals surface area (Å²) >= 11 is 12.0. The number of piperidine rings is 4. The fourth-order valence-electron chi connectivity index (χ4n) is 16.6. The predicted molar refractivity (Wildman–Crippen MR) is 464 cm³/mol. The lowest BCUT2D eigenvalue weighted by atomic mass is 9.95. The van der Waals surface area contributed by atoms with E-state index < -0.39 is 127 Å². The van der Waals surface area contributed by atoms with Gasteiger partial charge in [-0.25, -0.2) is 32.3 Å². The third-order valence-corrected chi connectivity index (χ3v) is 25.7. The van der Waals surface area contributed by atoms with Gasteiger partial charge in [0.15, 0.2) is 30.2 Å². The van der Waals surface area contributed by atoms with Crippen molar-refractivity contribution in [2.75, 3.05) is 190 Å². The number of nitrogens with zero attached hydrogens (tertiary/aromatic N) is 12. The van der Waals surface area contributed by atoms with Gasteiger partial charge in [0.1, 0.15) is 11.6 Å². The lowest BCUT2D eigenvalue weighted by Crippen LogP contribution is -2.49. The molecule has 12 rings (SSSR count). The Morgan fingerprint density at radius 3 is 1.01 bits per heavy atom. The monoisotopic (exact) mass is 1970 g/mol. The summed E-state index contributed by atoms with van der Waals surface area (Å²) in [5, 5.41) is 39.4. The molecule has 5 N–H and O–H groups in total. The zero-order valence-electron chi connectivity index (χ0n) is 75.2. The van der Waals surface area contributed by atoms with Crippen molar-refractivity contribution in [1.82, 2.24) is 44.5 Å². The van der Waals surface area contributed by atoms with Gasteiger partial charge < -0.3 is 83.9 Å². The summed E-state index contributed by atoms with van der Waals surface area (Å²) in [5.41, 5.74) is 7.68. The van der Waals surface area contributed by atoms with Gasteiger partial charge in [-0.2, -0.15) is 52.7 Å². The second-order valence-corrected chi connectivity index (χ2v) is 35.5. The van der Waals surface area contributed by atoms with E-state index in [0.29, 0.717) is 210 Å². The number of rotatable bonds is 23. The molecule has 748 valence electrons. The number of aryl methyl sites for hydroxylation is 2. The number of anilines is 4. The number of aliphatic carboxylic acids is 4. The molecule has 0 bridgehead atoms. The number of halogens is 17. The van der Waals surface area contributed by atoms with Crippen LogP contribution >= 0.6 is 23.2 Å². The molecule has 4 unspecified atom stereocenters. The molecule has 0 aliphatic carbocycles. The van der Waals surface area contributed by atoms with Crippen molar-refractivity contribution >= 4 is 94.2 Å². The molecular weight excluding hydrogens is 1850 g/mol. The van der Waals surface area contributed by atoms with Crippen LogP contribution in [0.15, 0.2) is 54.6 Å². The summed E-state index contributed by atoms with van der Waals surface area (Å²) in [6, 6.07) is 16.0. The van der Waals surface area contributed by atoms with Gasteiger partial charge in [-0.05, 0) is 163 Å². The number of benzene rings is 4. The van der Waals surface area contributed by atoms with E-state index in [4.69, 9.17) is 28.3 Å². The molecule has 4 aromatic carbocycles. The topological polar surface area (TPSA) is 305 Å². The summed E-state index contributed by atoms with van der Waals surface area (Å²) < 4.78 is 214. The van der Waals surface area contributed by atoms with Gasteiger partial charge in [0, 0.05) is 195 Å². The molecule has 29 nitrogen and oxygen atoms in total. The van der Waals surface area contributed by atoms with Crippen molar-refractivity contribution in [1.29, 1.82) is 0 Å². The largest absolute Gasteiger partial charge is 0.481 e. The Bertz CT molecular complexity index is 4390. The van der Waals surface area contributed by atoms with Gasteiger partial charge in [0.05, 0.1) is 45.7 Å². The Balaban J connectivity index is 0.000000201. The standard InChI is InChI=1S/C24H35F3N4O4.C22H29F4N3O4.2C21H26ClF4N3O4/c1-17-3-4-20(21(13-17)30-7-5-19(6-8-30)14-28-15-22(32)33)16-29-9-11-31(12-10-29)23(34)35-18(2)24(25,26)27;1-14-3-4-17(19(18(14)23)28-7-5-16(6-8-28)20(30)31)13-27-9-11-29(12-10-27)21(32)33-15(2)22(24,25)26;1-13(21(24,25)26)33-20(32)29-8-6-27(7-9-29)12-15-10-17(23)16(22)11-18(15)28-4-2-14(3-5-28)19(30)31;1-13(21(24,25)26)33-20(32)29-10-8-27(9-11-29)12-15-2-3-16(22)17(23)18(15)28-6-4-14(5-7-28)19(30)31/h3-4,13,18-19,28H,5-12,14-16H2,1-2H3,(H,32,33);3-4,15-16H,5-13H2,1-2H3,(H,30,31);10-11,13-14H,2-9,12H2,1H3,(H,30,31);2-3,13-14H,4-12H2,1H3,(H,30,31). The Morgan fingerprint density at radius 2 is 0.672 bits per heavy atom. The number of amides is 4. The molecule has 0 saturated carbocycles. The molecule has 8 aliphatic rings. The number of ether oxygens (including phenoxy) is 4. The molecule has 4 atom stereocenters. The van der Waals surface area contributed by atoms with Gasteiger partial charge in [-0.3, -0.25) is 38.8 Å². The van der Waals surface area contributed by atoms with E-state index in [0.717, 1.165) is 64.9 Å². The number of alkyl halides is 12. The fourth-order valence-corrected chi connectivity index (χ4v) is 17.0. The van der Waals surface area contributed by atoms with Crippen LogP contribution in [0.2, 0.25) is 10.0 Å². The lowest BCUT2D eigenvalue weighted by molar-refractivity contribution is -0.200. The average Bonchev–Trinajstić information content (AvgIpc) is 0.799. The molecule has 8 fully saturated rings. The molecule has 4 amide bonds. The first-order chi connectivity index (χ1) is 62.9. The van der Waals surface area contributed by atoms with E-state index in [-0.39, 0.29) is 61.7 Å². The van der Waals surface area contributed by atoms with Gasteiger partial charge in [0.25, 0.3) is 0 Å². The van der Waals surface area contributed by atoms with Crippen LogP contribution in [-0.4, -0.2) is 327 Å². The van der Waals surface area contributed by atoms with Crippen LogP contribution in [0.25, 0.3) is 0 Å². The first kappa shape index (κ1) is 108. The molecule has 46 heteroatoms. The minimum Gasteiger partial charge on any atom is -0.481 e. The number of hydrogen-bond acceptors (Lipinski definition) is 21. The van der Waals surface area contributed by atoms with Crippen LogP contribution in [0.5, 0.6) is 0 Å². The average molecular weight is 1970 g/mol. The van der Waals surface area contributed by atoms with Crippen molar-refractivity contribution in [2.45, 2.75) is 168 Å². The molecule has 134 heavy (non-hydrogen) atoms. The number of carbonyl (C=O) groups excluding carboxylic acids is 4. The summed E-state index contributed by atoms with van der Waals surface area (Å²) in [7, 11) is 0. The maximum Gasteiger partial charge on any atom is 0.425 e. The van der Waals surface area contributed by atoms with Gasteiger partial charge >= 0.3 is 73.0 Å². The second kappa shape index (κ2) is 48.4. The third kappa shape index (κ3) is 31.5. The number of piperazine rings is 4. The van der Waals surface area contributed by atoms with Crippen LogP contribution in [0.1, 0.15) is 112 Å². The first-order valence-corrected chi connectivity index (χ1v) is 45.1. The molecule has 8 heterocycles. The van der Waals surface area contributed by atoms with E-state index in [1.807, 2.05) is 35.5 Å². The highest BCUT2D eigenvalue weighted by Gasteiger charge is 2.45. The van der Waals surface area contributed by atoms with E-state index in [2.05, 4.69) is 59.2 Å². The van der Waals surface area contributed by atoms with Crippen LogP contribution in [0, 0.1) is 55.0 Å². The van der Waals surface area contributed by atoms with Crippen LogP contribution in [-0.2, 0) is 64.3 Å². The Labute approximate surface area is 776 Å². The SMILES string of the molecule is CC(OC(=O)N1CCN(Cc2cc(F)c(Cl)cc2N2CCC(C(=O)O)CC2)CC1)C(F)(F)F.CC(OC(=O)N1CCN(Cc2ccc(Cl)c(F)c2N2CCC(C(=O)O)CC2)CC1)C(F)(F)F.Cc1ccc(CN2CCN(C(=O)OC(C)C(F)(F)F)CC2)c(N2CCC(C(=O)O)CC2)c1F.Cc1ccc(CN2CCN(C(=O)OC(C)C(F)(F)F)CC2)c(N2CCC(CNCC(=O)O)CC2)c1. The minimum atomic E-state index is -4.62. The summed E-state index contributed by atoms with van der Waals surface area (Å²) in [4.78, 5) is 114. The van der Waals surface area contributed by atoms with Crippen molar-refractivity contribution in [3.63, 3.8) is 0 Å². The normalized spacial score (nSPS) is 19.3. The number of carboxylic acids is 4. The fraction of sp³-hybridized carbons (Fsp3) is 0.636. The molecule has 8 aliphatic heterocycles. The highest BCUT2D eigenvalue weighted by atomic mass is 35.5. The second-order valence-electron chi connectivity index (χ2n) is 34.7. The maximum absolute atomic E-state index is 15.1. The highest BCUT2D eigenvalue weighted by Crippen LogP contribution is 2.39. The summed E-state index contributed by atoms with van der Waals surface area (Å²) in [6.07, 6.45) is -26.4. The Morgan fingerprint density at radius 1 is 0.373 bits per heavy atom. The van der Waals surface area contributed by atoms with Gasteiger partial charge in [-0.15, -0.1) is 0 Å². The third-order valence-electron chi connectivity index (χ3n) is 25.1. The van der Waals surface area contributed by atoms with Crippen molar-refractivity contribution in [3.05, 3.63) is 115 Å². The molecule has 0 radical (unpaired) electrons. The highest BCUT2D eigenvalue weighted by molar-refractivity contribution is 6.31. The molecule has 4 aromatic rings.